The molecule has 0 aliphatic carbocycles. The summed E-state index contributed by atoms with van der Waals surface area (Å²) in [5.41, 5.74) is 0.773. The number of imidazole rings is 1. The second-order valence-electron chi connectivity index (χ2n) is 3.45. The average Bonchev–Trinajstić information content (AvgIpc) is 2.61. The Labute approximate surface area is 81.5 Å². The number of thioether (sulfide) groups is 1. The number of ketones is 1. The molecule has 0 spiro atoms. The molecule has 0 saturated carbocycles. The Morgan fingerprint density at radius 3 is 3.15 bits per heavy atom. The molecule has 0 atom stereocenters. The quantitative estimate of drug-likeness (QED) is 0.677. The van der Waals surface area contributed by atoms with Crippen LogP contribution in [0.4, 0.5) is 0 Å². The van der Waals surface area contributed by atoms with Crippen LogP contribution in [0.2, 0.25) is 0 Å². The molecule has 0 aromatic carbocycles. The van der Waals surface area contributed by atoms with Crippen LogP contribution >= 0.6 is 11.8 Å². The van der Waals surface area contributed by atoms with Gasteiger partial charge in [-0.05, 0) is 0 Å². The predicted octanol–water partition coefficient (Wildman–Crippen LogP) is 1.83. The zero-order valence-electron chi connectivity index (χ0n) is 7.78. The van der Waals surface area contributed by atoms with Crippen molar-refractivity contribution in [2.24, 2.45) is 5.92 Å². The Balaban J connectivity index is 2.36. The van der Waals surface area contributed by atoms with E-state index in [-0.39, 0.29) is 11.7 Å². The van der Waals surface area contributed by atoms with E-state index in [4.69, 9.17) is 0 Å². The second kappa shape index (κ2) is 3.18. The SMILES string of the molecule is CC(C)C(=O)c1cnc2n1CCS2. The molecule has 3 nitrogen and oxygen atoms in total. The van der Waals surface area contributed by atoms with Crippen LogP contribution < -0.4 is 0 Å². The molecule has 1 aliphatic heterocycles. The molecule has 0 amide bonds. The Morgan fingerprint density at radius 1 is 1.69 bits per heavy atom. The first-order chi connectivity index (χ1) is 6.20. The number of rotatable bonds is 2. The molecule has 1 aliphatic rings. The molecule has 0 N–H and O–H groups in total. The third-order valence-corrected chi connectivity index (χ3v) is 3.11. The summed E-state index contributed by atoms with van der Waals surface area (Å²) < 4.78 is 2.02. The molecule has 0 radical (unpaired) electrons. The number of aromatic nitrogens is 2. The van der Waals surface area contributed by atoms with Crippen LogP contribution in [0.15, 0.2) is 11.4 Å². The minimum absolute atomic E-state index is 0.0615. The normalized spacial score (nSPS) is 15.0. The van der Waals surface area contributed by atoms with Crippen LogP contribution in [0.25, 0.3) is 0 Å². The molecule has 0 fully saturated rings. The molecule has 0 bridgehead atoms. The Bertz CT molecular complexity index is 343. The van der Waals surface area contributed by atoms with Crippen molar-refractivity contribution >= 4 is 17.5 Å². The predicted molar refractivity (Wildman–Crippen MR) is 52.1 cm³/mol. The van der Waals surface area contributed by atoms with Crippen molar-refractivity contribution in [3.8, 4) is 0 Å². The lowest BCUT2D eigenvalue weighted by atomic mass is 10.1. The molecule has 1 aromatic heterocycles. The van der Waals surface area contributed by atoms with E-state index in [9.17, 15) is 4.79 Å². The molecule has 2 heterocycles. The van der Waals surface area contributed by atoms with Crippen LogP contribution in [0.1, 0.15) is 24.3 Å². The first kappa shape index (κ1) is 8.81. The molecular formula is C9H12N2OS. The minimum atomic E-state index is 0.0615. The van der Waals surface area contributed by atoms with Gasteiger partial charge >= 0.3 is 0 Å². The Morgan fingerprint density at radius 2 is 2.46 bits per heavy atom. The van der Waals surface area contributed by atoms with Crippen molar-refractivity contribution in [1.29, 1.82) is 0 Å². The molecule has 0 saturated heterocycles. The van der Waals surface area contributed by atoms with Crippen LogP contribution in [-0.2, 0) is 6.54 Å². The molecule has 2 rings (SSSR count). The van der Waals surface area contributed by atoms with Gasteiger partial charge in [-0.2, -0.15) is 0 Å². The summed E-state index contributed by atoms with van der Waals surface area (Å²) in [4.78, 5) is 15.9. The molecule has 70 valence electrons. The maximum absolute atomic E-state index is 11.7. The fourth-order valence-electron chi connectivity index (χ4n) is 1.41. The van der Waals surface area contributed by atoms with Gasteiger partial charge in [0.2, 0.25) is 0 Å². The van der Waals surface area contributed by atoms with Gasteiger partial charge in [0.05, 0.1) is 6.20 Å². The van der Waals surface area contributed by atoms with E-state index in [1.807, 2.05) is 18.4 Å². The summed E-state index contributed by atoms with van der Waals surface area (Å²) in [6, 6.07) is 0. The Kier molecular flexibility index (Phi) is 2.15. The topological polar surface area (TPSA) is 34.9 Å². The lowest BCUT2D eigenvalue weighted by Gasteiger charge is -2.05. The van der Waals surface area contributed by atoms with Gasteiger partial charge in [0.25, 0.3) is 0 Å². The fourth-order valence-corrected chi connectivity index (χ4v) is 2.34. The number of hydrogen-bond acceptors (Lipinski definition) is 3. The monoisotopic (exact) mass is 196 g/mol. The highest BCUT2D eigenvalue weighted by Gasteiger charge is 2.21. The largest absolute Gasteiger partial charge is 0.316 e. The third kappa shape index (κ3) is 1.39. The van der Waals surface area contributed by atoms with E-state index in [1.54, 1.807) is 18.0 Å². The maximum atomic E-state index is 11.7. The standard InChI is InChI=1S/C9H12N2OS/c1-6(2)8(12)7-5-10-9-11(7)3-4-13-9/h5-6H,3-4H2,1-2H3. The van der Waals surface area contributed by atoms with Gasteiger partial charge in [-0.15, -0.1) is 0 Å². The van der Waals surface area contributed by atoms with E-state index in [0.29, 0.717) is 0 Å². The van der Waals surface area contributed by atoms with E-state index in [0.717, 1.165) is 23.1 Å². The molecule has 13 heavy (non-hydrogen) atoms. The van der Waals surface area contributed by atoms with Gasteiger partial charge in [0.1, 0.15) is 5.69 Å². The van der Waals surface area contributed by atoms with Crippen molar-refractivity contribution in [3.05, 3.63) is 11.9 Å². The summed E-state index contributed by atoms with van der Waals surface area (Å²) in [6.45, 7) is 4.77. The fraction of sp³-hybridized carbons (Fsp3) is 0.556. The number of carbonyl (C=O) groups is 1. The first-order valence-corrected chi connectivity index (χ1v) is 5.41. The van der Waals surface area contributed by atoms with Gasteiger partial charge in [0, 0.05) is 18.2 Å². The highest BCUT2D eigenvalue weighted by Crippen LogP contribution is 2.26. The van der Waals surface area contributed by atoms with Crippen LogP contribution in [0.5, 0.6) is 0 Å². The number of fused-ring (bicyclic) bond motifs is 1. The second-order valence-corrected chi connectivity index (χ2v) is 4.51. The van der Waals surface area contributed by atoms with Crippen molar-refractivity contribution < 1.29 is 4.79 Å². The molecular weight excluding hydrogens is 184 g/mol. The highest BCUT2D eigenvalue weighted by atomic mass is 32.2. The van der Waals surface area contributed by atoms with Crippen molar-refractivity contribution in [2.75, 3.05) is 5.75 Å². The summed E-state index contributed by atoms with van der Waals surface area (Å²) >= 11 is 1.72. The van der Waals surface area contributed by atoms with E-state index in [2.05, 4.69) is 4.98 Å². The highest BCUT2D eigenvalue weighted by molar-refractivity contribution is 7.99. The average molecular weight is 196 g/mol. The number of hydrogen-bond donors (Lipinski definition) is 0. The first-order valence-electron chi connectivity index (χ1n) is 4.42. The molecule has 1 aromatic rings. The van der Waals surface area contributed by atoms with E-state index < -0.39 is 0 Å². The van der Waals surface area contributed by atoms with Gasteiger partial charge in [-0.25, -0.2) is 4.98 Å². The van der Waals surface area contributed by atoms with E-state index >= 15 is 0 Å². The van der Waals surface area contributed by atoms with Crippen LogP contribution in [0.3, 0.4) is 0 Å². The summed E-state index contributed by atoms with van der Waals surface area (Å²) in [6.07, 6.45) is 1.70. The number of Topliss-reactive ketones (excluding diaryl/α,β-unsaturated/α-hetero) is 1. The van der Waals surface area contributed by atoms with Crippen LogP contribution in [0, 0.1) is 5.92 Å². The van der Waals surface area contributed by atoms with Gasteiger partial charge in [0.15, 0.2) is 10.9 Å². The van der Waals surface area contributed by atoms with Gasteiger partial charge in [-0.1, -0.05) is 25.6 Å². The molecule has 4 heteroatoms. The molecule has 0 unspecified atom stereocenters. The lowest BCUT2D eigenvalue weighted by Crippen LogP contribution is -2.13. The van der Waals surface area contributed by atoms with Crippen molar-refractivity contribution in [1.82, 2.24) is 9.55 Å². The van der Waals surface area contributed by atoms with Crippen LogP contribution in [-0.4, -0.2) is 21.1 Å². The number of carbonyl (C=O) groups excluding carboxylic acids is 1. The smallest absolute Gasteiger partial charge is 0.183 e. The summed E-state index contributed by atoms with van der Waals surface area (Å²) in [5, 5.41) is 0.990. The summed E-state index contributed by atoms with van der Waals surface area (Å²) in [7, 11) is 0. The van der Waals surface area contributed by atoms with Crippen molar-refractivity contribution in [2.45, 2.75) is 25.5 Å². The minimum Gasteiger partial charge on any atom is -0.316 e. The van der Waals surface area contributed by atoms with Crippen molar-refractivity contribution in [3.63, 3.8) is 0 Å². The van der Waals surface area contributed by atoms with Gasteiger partial charge in [-0.3, -0.25) is 4.79 Å². The van der Waals surface area contributed by atoms with Gasteiger partial charge < -0.3 is 4.57 Å². The van der Waals surface area contributed by atoms with E-state index in [1.165, 1.54) is 0 Å². The third-order valence-electron chi connectivity index (χ3n) is 2.14. The Hall–Kier alpha value is -0.770. The lowest BCUT2D eigenvalue weighted by molar-refractivity contribution is 0.0929. The zero-order chi connectivity index (χ0) is 9.42. The summed E-state index contributed by atoms with van der Waals surface area (Å²) in [5.74, 6) is 1.30. The maximum Gasteiger partial charge on any atom is 0.183 e. The zero-order valence-corrected chi connectivity index (χ0v) is 8.60. The number of nitrogens with zero attached hydrogens (tertiary/aromatic N) is 2.